The van der Waals surface area contributed by atoms with Crippen molar-refractivity contribution >= 4 is 33.3 Å². The number of hydrogen-bond acceptors (Lipinski definition) is 4. The Morgan fingerprint density at radius 1 is 1.35 bits per heavy atom. The van der Waals surface area contributed by atoms with Gasteiger partial charge in [0, 0.05) is 17.3 Å². The van der Waals surface area contributed by atoms with Gasteiger partial charge < -0.3 is 9.64 Å². The molecule has 1 aliphatic rings. The summed E-state index contributed by atoms with van der Waals surface area (Å²) in [5, 5.41) is 0.665. The lowest BCUT2D eigenvalue weighted by Crippen LogP contribution is -2.44. The Kier molecular flexibility index (Phi) is 4.61. The first-order valence-electron chi connectivity index (χ1n) is 7.70. The number of fused-ring (bicyclic) bond motifs is 1. The quantitative estimate of drug-likeness (QED) is 0.805. The summed E-state index contributed by atoms with van der Waals surface area (Å²) in [7, 11) is 0. The molecule has 1 saturated heterocycles. The smallest absolute Gasteiger partial charge is 0.348 e. The number of rotatable bonds is 3. The standard InChI is InChI=1S/C17H18FNO3S/c1-11-4-2-3-7-19(11)16(20)10-22-17(21)15-9-12-8-13(18)5-6-14(12)23-15/h5-6,8-9,11H,2-4,7,10H2,1H3/t11-/m1/s1. The van der Waals surface area contributed by atoms with Crippen molar-refractivity contribution in [2.75, 3.05) is 13.2 Å². The van der Waals surface area contributed by atoms with Gasteiger partial charge in [0.1, 0.15) is 10.7 Å². The lowest BCUT2D eigenvalue weighted by atomic mass is 10.0. The van der Waals surface area contributed by atoms with Crippen LogP contribution in [0.4, 0.5) is 4.39 Å². The second-order valence-electron chi connectivity index (χ2n) is 5.80. The van der Waals surface area contributed by atoms with E-state index in [1.165, 1.54) is 23.5 Å². The van der Waals surface area contributed by atoms with Gasteiger partial charge in [-0.05, 0) is 55.8 Å². The van der Waals surface area contributed by atoms with E-state index < -0.39 is 5.97 Å². The number of carbonyl (C=O) groups is 2. The van der Waals surface area contributed by atoms with Crippen LogP contribution in [0.3, 0.4) is 0 Å². The molecule has 0 N–H and O–H groups in total. The number of esters is 1. The van der Waals surface area contributed by atoms with Gasteiger partial charge in [-0.1, -0.05) is 0 Å². The number of thiophene rings is 1. The highest BCUT2D eigenvalue weighted by Crippen LogP contribution is 2.27. The maximum atomic E-state index is 13.2. The van der Waals surface area contributed by atoms with Crippen LogP contribution in [0.15, 0.2) is 24.3 Å². The van der Waals surface area contributed by atoms with E-state index in [-0.39, 0.29) is 24.4 Å². The van der Waals surface area contributed by atoms with E-state index in [4.69, 9.17) is 4.74 Å². The molecule has 2 heterocycles. The van der Waals surface area contributed by atoms with Crippen molar-refractivity contribution in [3.8, 4) is 0 Å². The average molecular weight is 335 g/mol. The van der Waals surface area contributed by atoms with Crippen molar-refractivity contribution in [1.29, 1.82) is 0 Å². The van der Waals surface area contributed by atoms with Gasteiger partial charge >= 0.3 is 5.97 Å². The molecular formula is C17H18FNO3S. The topological polar surface area (TPSA) is 46.6 Å². The Balaban J connectivity index is 1.62. The van der Waals surface area contributed by atoms with Crippen LogP contribution in [0.1, 0.15) is 35.9 Å². The first kappa shape index (κ1) is 15.9. The van der Waals surface area contributed by atoms with Crippen molar-refractivity contribution < 1.29 is 18.7 Å². The van der Waals surface area contributed by atoms with Crippen molar-refractivity contribution in [1.82, 2.24) is 4.90 Å². The van der Waals surface area contributed by atoms with Crippen LogP contribution in [-0.4, -0.2) is 36.0 Å². The highest BCUT2D eigenvalue weighted by Gasteiger charge is 2.24. The summed E-state index contributed by atoms with van der Waals surface area (Å²) in [6, 6.07) is 6.16. The third-order valence-corrected chi connectivity index (χ3v) is 5.23. The molecule has 0 unspecified atom stereocenters. The molecule has 1 fully saturated rings. The van der Waals surface area contributed by atoms with Crippen LogP contribution in [0.2, 0.25) is 0 Å². The fourth-order valence-corrected chi connectivity index (χ4v) is 3.80. The van der Waals surface area contributed by atoms with Gasteiger partial charge in [-0.3, -0.25) is 4.79 Å². The molecular weight excluding hydrogens is 317 g/mol. The van der Waals surface area contributed by atoms with Crippen molar-refractivity contribution in [3.63, 3.8) is 0 Å². The van der Waals surface area contributed by atoms with E-state index in [2.05, 4.69) is 0 Å². The molecule has 1 aliphatic heterocycles. The Morgan fingerprint density at radius 2 is 2.17 bits per heavy atom. The highest BCUT2D eigenvalue weighted by atomic mass is 32.1. The number of amides is 1. The Morgan fingerprint density at radius 3 is 2.96 bits per heavy atom. The van der Waals surface area contributed by atoms with E-state index in [0.29, 0.717) is 10.3 Å². The fourth-order valence-electron chi connectivity index (χ4n) is 2.86. The van der Waals surface area contributed by atoms with Gasteiger partial charge in [0.25, 0.3) is 5.91 Å². The van der Waals surface area contributed by atoms with Crippen LogP contribution in [0.25, 0.3) is 10.1 Å². The molecule has 2 aromatic rings. The Labute approximate surface area is 137 Å². The second-order valence-corrected chi connectivity index (χ2v) is 6.88. The fraction of sp³-hybridized carbons (Fsp3) is 0.412. The average Bonchev–Trinajstić information content (AvgIpc) is 2.95. The van der Waals surface area contributed by atoms with Crippen LogP contribution in [0.5, 0.6) is 0 Å². The minimum absolute atomic E-state index is 0.155. The molecule has 122 valence electrons. The number of nitrogens with zero attached hydrogens (tertiary/aromatic N) is 1. The Hall–Kier alpha value is -1.95. The summed E-state index contributed by atoms with van der Waals surface area (Å²) in [6.45, 7) is 2.49. The predicted octanol–water partition coefficient (Wildman–Crippen LogP) is 3.60. The number of halogens is 1. The van der Waals surface area contributed by atoms with Crippen molar-refractivity contribution in [2.24, 2.45) is 0 Å². The van der Waals surface area contributed by atoms with E-state index in [0.717, 1.165) is 30.5 Å². The molecule has 0 spiro atoms. The van der Waals surface area contributed by atoms with Gasteiger partial charge in [-0.2, -0.15) is 0 Å². The summed E-state index contributed by atoms with van der Waals surface area (Å²) in [5.41, 5.74) is 0. The normalized spacial score (nSPS) is 18.2. The summed E-state index contributed by atoms with van der Waals surface area (Å²) >= 11 is 1.24. The minimum Gasteiger partial charge on any atom is -0.451 e. The number of hydrogen-bond donors (Lipinski definition) is 0. The molecule has 23 heavy (non-hydrogen) atoms. The monoisotopic (exact) mass is 335 g/mol. The second kappa shape index (κ2) is 6.66. The van der Waals surface area contributed by atoms with Crippen LogP contribution < -0.4 is 0 Å². The third kappa shape index (κ3) is 3.52. The zero-order valence-corrected chi connectivity index (χ0v) is 13.7. The SMILES string of the molecule is C[C@@H]1CCCCN1C(=O)COC(=O)c1cc2cc(F)ccc2s1. The summed E-state index contributed by atoms with van der Waals surface area (Å²) < 4.78 is 19.1. The Bertz CT molecular complexity index is 743. The number of ether oxygens (including phenoxy) is 1. The maximum Gasteiger partial charge on any atom is 0.348 e. The van der Waals surface area contributed by atoms with Crippen molar-refractivity contribution in [2.45, 2.75) is 32.2 Å². The zero-order valence-electron chi connectivity index (χ0n) is 12.9. The van der Waals surface area contributed by atoms with E-state index in [9.17, 15) is 14.0 Å². The first-order chi connectivity index (χ1) is 11.0. The largest absolute Gasteiger partial charge is 0.451 e. The lowest BCUT2D eigenvalue weighted by molar-refractivity contribution is -0.137. The van der Waals surface area contributed by atoms with Gasteiger partial charge in [0.05, 0.1) is 0 Å². The molecule has 1 amide bonds. The van der Waals surface area contributed by atoms with E-state index >= 15 is 0 Å². The van der Waals surface area contributed by atoms with Crippen molar-refractivity contribution in [3.05, 3.63) is 35.0 Å². The molecule has 1 aromatic heterocycles. The summed E-state index contributed by atoms with van der Waals surface area (Å²) in [6.07, 6.45) is 3.11. The van der Waals surface area contributed by atoms with Gasteiger partial charge in [0.15, 0.2) is 6.61 Å². The zero-order chi connectivity index (χ0) is 16.4. The summed E-state index contributed by atoms with van der Waals surface area (Å²) in [5.74, 6) is -1.04. The van der Waals surface area contributed by atoms with Gasteiger partial charge in [-0.25, -0.2) is 9.18 Å². The number of likely N-dealkylation sites (tertiary alicyclic amines) is 1. The number of carbonyl (C=O) groups excluding carboxylic acids is 2. The molecule has 0 aliphatic carbocycles. The summed E-state index contributed by atoms with van der Waals surface area (Å²) in [4.78, 5) is 26.4. The lowest BCUT2D eigenvalue weighted by Gasteiger charge is -2.33. The maximum absolute atomic E-state index is 13.2. The van der Waals surface area contributed by atoms with Crippen LogP contribution >= 0.6 is 11.3 Å². The molecule has 0 radical (unpaired) electrons. The molecule has 1 aromatic carbocycles. The molecule has 0 bridgehead atoms. The van der Waals surface area contributed by atoms with Crippen LogP contribution in [0, 0.1) is 5.82 Å². The van der Waals surface area contributed by atoms with Crippen LogP contribution in [-0.2, 0) is 9.53 Å². The first-order valence-corrected chi connectivity index (χ1v) is 8.52. The minimum atomic E-state index is -0.537. The van der Waals surface area contributed by atoms with E-state index in [1.54, 1.807) is 17.0 Å². The molecule has 6 heteroatoms. The molecule has 1 atom stereocenters. The van der Waals surface area contributed by atoms with Gasteiger partial charge in [0.2, 0.25) is 0 Å². The number of benzene rings is 1. The molecule has 4 nitrogen and oxygen atoms in total. The van der Waals surface area contributed by atoms with Gasteiger partial charge in [-0.15, -0.1) is 11.3 Å². The third-order valence-electron chi connectivity index (χ3n) is 4.13. The molecule has 0 saturated carbocycles. The van der Waals surface area contributed by atoms with E-state index in [1.807, 2.05) is 6.92 Å². The number of piperidine rings is 1. The molecule has 3 rings (SSSR count). The highest BCUT2D eigenvalue weighted by molar-refractivity contribution is 7.20. The predicted molar refractivity (Wildman–Crippen MR) is 87.1 cm³/mol.